The molecule has 0 unspecified atom stereocenters. The number of rotatable bonds is 5. The first kappa shape index (κ1) is 24.9. The van der Waals surface area contributed by atoms with Crippen LogP contribution in [0.3, 0.4) is 0 Å². The Morgan fingerprint density at radius 3 is 1.95 bits per heavy atom. The Balaban J connectivity index is 1.27. The number of fused-ring (bicyclic) bond motifs is 1. The van der Waals surface area contributed by atoms with Crippen LogP contribution in [-0.4, -0.2) is 43.1 Å². The summed E-state index contributed by atoms with van der Waals surface area (Å²) in [7, 11) is -3.75. The molecule has 3 aromatic carbocycles. The zero-order valence-electron chi connectivity index (χ0n) is 19.9. The Morgan fingerprint density at radius 2 is 1.32 bits per heavy atom. The Kier molecular flexibility index (Phi) is 6.90. The van der Waals surface area contributed by atoms with Gasteiger partial charge in [0.25, 0.3) is 0 Å². The maximum absolute atomic E-state index is 13.2. The van der Waals surface area contributed by atoms with Crippen molar-refractivity contribution in [3.05, 3.63) is 95.7 Å². The molecule has 1 fully saturated rings. The number of carbonyl (C=O) groups excluding carboxylic acids is 2. The molecule has 0 aromatic heterocycles. The molecule has 0 radical (unpaired) electrons. The van der Waals surface area contributed by atoms with E-state index in [2.05, 4.69) is 15.5 Å². The Morgan fingerprint density at radius 1 is 0.757 bits per heavy atom. The van der Waals surface area contributed by atoms with Gasteiger partial charge in [-0.15, -0.1) is 0 Å². The van der Waals surface area contributed by atoms with Crippen LogP contribution in [-0.2, 0) is 9.84 Å². The number of anilines is 2. The number of allylic oxidation sites excluding steroid dienone is 2. The molecule has 3 aromatic rings. The third-order valence-electron chi connectivity index (χ3n) is 6.46. The van der Waals surface area contributed by atoms with Gasteiger partial charge in [0.2, 0.25) is 15.6 Å². The van der Waals surface area contributed by atoms with Gasteiger partial charge in [-0.2, -0.15) is 0 Å². The molecule has 0 bridgehead atoms. The third kappa shape index (κ3) is 5.19. The number of likely N-dealkylation sites (tertiary alicyclic amines) is 1. The molecule has 188 valence electrons. The van der Waals surface area contributed by atoms with Gasteiger partial charge >= 0.3 is 0 Å². The molecule has 9 heteroatoms. The average molecular weight is 532 g/mol. The number of nitrogens with zero attached hydrogens (tertiary/aromatic N) is 1. The Bertz CT molecular complexity index is 1510. The normalized spacial score (nSPS) is 15.6. The molecule has 1 heterocycles. The lowest BCUT2D eigenvalue weighted by molar-refractivity contribution is 0.0985. The maximum Gasteiger partial charge on any atom is 0.210 e. The van der Waals surface area contributed by atoms with Gasteiger partial charge in [-0.05, 0) is 80.0 Å². The van der Waals surface area contributed by atoms with Crippen molar-refractivity contribution in [2.75, 3.05) is 23.7 Å². The zero-order valence-corrected chi connectivity index (χ0v) is 21.6. The molecule has 2 aliphatic rings. The molecule has 1 aliphatic heterocycles. The highest BCUT2D eigenvalue weighted by molar-refractivity contribution is 7.91. The lowest BCUT2D eigenvalue weighted by Gasteiger charge is -2.29. The van der Waals surface area contributed by atoms with Crippen LogP contribution < -0.4 is 10.6 Å². The predicted molar refractivity (Wildman–Crippen MR) is 147 cm³/mol. The van der Waals surface area contributed by atoms with Gasteiger partial charge in [-0.1, -0.05) is 24.3 Å². The third-order valence-corrected chi connectivity index (χ3v) is 8.61. The number of carbonyl (C=O) groups is 2. The number of ketones is 2. The van der Waals surface area contributed by atoms with Crippen molar-refractivity contribution in [2.24, 2.45) is 0 Å². The minimum atomic E-state index is -3.75. The van der Waals surface area contributed by atoms with Gasteiger partial charge in [-0.3, -0.25) is 9.59 Å². The van der Waals surface area contributed by atoms with E-state index in [-0.39, 0.29) is 27.1 Å². The molecule has 2 N–H and O–H groups in total. The summed E-state index contributed by atoms with van der Waals surface area (Å²) in [5, 5.41) is 6.78. The molecule has 0 amide bonds. The van der Waals surface area contributed by atoms with E-state index in [0.29, 0.717) is 21.9 Å². The van der Waals surface area contributed by atoms with E-state index in [4.69, 9.17) is 12.2 Å². The monoisotopic (exact) mass is 531 g/mol. The smallest absolute Gasteiger partial charge is 0.210 e. The Labute approximate surface area is 221 Å². The summed E-state index contributed by atoms with van der Waals surface area (Å²) in [6.07, 6.45) is 4.72. The first-order valence-electron chi connectivity index (χ1n) is 12.0. The number of Topliss-reactive ketones (excluding diaryl/α,β-unsaturated/α-hetero) is 1. The van der Waals surface area contributed by atoms with Gasteiger partial charge in [0.05, 0.1) is 15.5 Å². The van der Waals surface area contributed by atoms with Crippen LogP contribution in [0, 0.1) is 0 Å². The summed E-state index contributed by atoms with van der Waals surface area (Å²) < 4.78 is 26.3. The summed E-state index contributed by atoms with van der Waals surface area (Å²) in [6.45, 7) is 1.86. The fraction of sp³-hybridized carbons (Fsp3) is 0.179. The van der Waals surface area contributed by atoms with E-state index in [1.807, 2.05) is 0 Å². The van der Waals surface area contributed by atoms with Crippen LogP contribution >= 0.6 is 12.2 Å². The second-order valence-electron chi connectivity index (χ2n) is 8.95. The van der Waals surface area contributed by atoms with E-state index < -0.39 is 9.84 Å². The van der Waals surface area contributed by atoms with E-state index >= 15 is 0 Å². The summed E-state index contributed by atoms with van der Waals surface area (Å²) in [4.78, 5) is 27.6. The van der Waals surface area contributed by atoms with Gasteiger partial charge in [0.1, 0.15) is 0 Å². The van der Waals surface area contributed by atoms with Crippen LogP contribution in [0.15, 0.2) is 94.4 Å². The maximum atomic E-state index is 13.2. The van der Waals surface area contributed by atoms with Crippen molar-refractivity contribution in [1.29, 1.82) is 0 Å². The van der Waals surface area contributed by atoms with E-state index in [1.165, 1.54) is 24.6 Å². The fourth-order valence-corrected chi connectivity index (χ4v) is 6.00. The number of hydrogen-bond donors (Lipinski definition) is 2. The summed E-state index contributed by atoms with van der Waals surface area (Å²) in [5.41, 5.74) is 2.08. The number of sulfone groups is 1. The van der Waals surface area contributed by atoms with Crippen molar-refractivity contribution in [1.82, 2.24) is 4.90 Å². The van der Waals surface area contributed by atoms with Crippen LogP contribution in [0.2, 0.25) is 0 Å². The predicted octanol–water partition coefficient (Wildman–Crippen LogP) is 5.08. The molecule has 0 atom stereocenters. The van der Waals surface area contributed by atoms with Crippen LogP contribution in [0.1, 0.15) is 40.0 Å². The highest BCUT2D eigenvalue weighted by Gasteiger charge is 2.25. The van der Waals surface area contributed by atoms with Crippen molar-refractivity contribution in [3.8, 4) is 0 Å². The summed E-state index contributed by atoms with van der Waals surface area (Å²) >= 11 is 5.49. The van der Waals surface area contributed by atoms with Gasteiger partial charge in [0, 0.05) is 41.7 Å². The van der Waals surface area contributed by atoms with Crippen LogP contribution in [0.25, 0.3) is 0 Å². The molecule has 7 nitrogen and oxygen atoms in total. The van der Waals surface area contributed by atoms with Crippen LogP contribution in [0.4, 0.5) is 11.4 Å². The van der Waals surface area contributed by atoms with Gasteiger partial charge < -0.3 is 15.5 Å². The van der Waals surface area contributed by atoms with Crippen molar-refractivity contribution < 1.29 is 18.0 Å². The molecular weight excluding hydrogens is 506 g/mol. The lowest BCUT2D eigenvalue weighted by atomic mass is 9.92. The van der Waals surface area contributed by atoms with E-state index in [0.717, 1.165) is 31.6 Å². The first-order valence-corrected chi connectivity index (χ1v) is 13.9. The molecule has 5 rings (SSSR count). The molecular formula is C28H25N3O4S2. The number of thiocarbonyl (C=S) groups is 1. The highest BCUT2D eigenvalue weighted by atomic mass is 32.2. The summed E-state index contributed by atoms with van der Waals surface area (Å²) in [6, 6.07) is 19.2. The fourth-order valence-electron chi connectivity index (χ4n) is 4.43. The SMILES string of the molecule is O=C1C=C(Nc2ccc(S(=O)(=O)c3ccc(NC(=S)N4CCCCC4)cc3)cc2)C(=O)c2ccccc21. The molecule has 0 saturated carbocycles. The second kappa shape index (κ2) is 10.3. The quantitative estimate of drug-likeness (QED) is 0.441. The standard InChI is InChI=1S/C28H25N3O4S2/c32-26-18-25(27(33)24-7-3-2-6-23(24)26)29-19-8-12-21(13-9-19)37(34,35)22-14-10-20(11-15-22)30-28(36)31-16-4-1-5-17-31/h2-3,6-15,18,29H,1,4-5,16-17H2,(H,30,36). The topological polar surface area (TPSA) is 95.6 Å². The molecule has 1 aliphatic carbocycles. The minimum Gasteiger partial charge on any atom is -0.352 e. The largest absolute Gasteiger partial charge is 0.352 e. The minimum absolute atomic E-state index is 0.118. The molecule has 37 heavy (non-hydrogen) atoms. The van der Waals surface area contributed by atoms with E-state index in [9.17, 15) is 18.0 Å². The number of benzene rings is 3. The number of nitrogens with one attached hydrogen (secondary N) is 2. The van der Waals surface area contributed by atoms with Gasteiger partial charge in [0.15, 0.2) is 10.9 Å². The van der Waals surface area contributed by atoms with Crippen molar-refractivity contribution >= 4 is 50.1 Å². The number of hydrogen-bond acceptors (Lipinski definition) is 6. The highest BCUT2D eigenvalue weighted by Crippen LogP contribution is 2.26. The summed E-state index contributed by atoms with van der Waals surface area (Å²) in [5.74, 6) is -0.549. The molecule has 1 saturated heterocycles. The first-order chi connectivity index (χ1) is 17.8. The van der Waals surface area contributed by atoms with Crippen molar-refractivity contribution in [2.45, 2.75) is 29.1 Å². The number of piperidine rings is 1. The second-order valence-corrected chi connectivity index (χ2v) is 11.3. The zero-order chi connectivity index (χ0) is 26.0. The van der Waals surface area contributed by atoms with Crippen molar-refractivity contribution in [3.63, 3.8) is 0 Å². The average Bonchev–Trinajstić information content (AvgIpc) is 2.93. The molecule has 0 spiro atoms. The lowest BCUT2D eigenvalue weighted by Crippen LogP contribution is -2.38. The van der Waals surface area contributed by atoms with Crippen LogP contribution in [0.5, 0.6) is 0 Å². The van der Waals surface area contributed by atoms with E-state index in [1.54, 1.807) is 60.7 Å². The Hall–Kier alpha value is -3.82. The van der Waals surface area contributed by atoms with Gasteiger partial charge in [-0.25, -0.2) is 8.42 Å².